The summed E-state index contributed by atoms with van der Waals surface area (Å²) in [7, 11) is 6.61. The molecule has 1 aromatic heterocycles. The molecule has 0 spiro atoms. The second-order valence-corrected chi connectivity index (χ2v) is 7.50. The Morgan fingerprint density at radius 3 is 2.41 bits per heavy atom. The van der Waals surface area contributed by atoms with Crippen LogP contribution in [-0.2, 0) is 19.5 Å². The fraction of sp³-hybridized carbons (Fsp3) is 0.333. The Hall–Kier alpha value is -3.52. The highest BCUT2D eigenvalue weighted by Crippen LogP contribution is 2.31. The lowest BCUT2D eigenvalue weighted by Crippen LogP contribution is -2.31. The number of rotatable bonds is 8. The minimum Gasteiger partial charge on any atom is -0.497 e. The van der Waals surface area contributed by atoms with Crippen LogP contribution in [0.3, 0.4) is 0 Å². The van der Waals surface area contributed by atoms with Gasteiger partial charge in [0.05, 0.1) is 39.8 Å². The molecule has 3 aromatic rings. The monoisotopic (exact) mass is 436 g/mol. The average molecular weight is 437 g/mol. The summed E-state index contributed by atoms with van der Waals surface area (Å²) in [5, 5.41) is 3.26. The van der Waals surface area contributed by atoms with E-state index in [1.165, 1.54) is 0 Å². The number of fused-ring (bicyclic) bond motifs is 1. The van der Waals surface area contributed by atoms with E-state index in [0.717, 1.165) is 65.8 Å². The molecule has 0 aliphatic carbocycles. The molecule has 168 valence electrons. The predicted octanol–water partition coefficient (Wildman–Crippen LogP) is 3.81. The molecule has 0 atom stereocenters. The number of aromatic nitrogens is 2. The first-order valence-corrected chi connectivity index (χ1v) is 10.4. The van der Waals surface area contributed by atoms with Crippen molar-refractivity contribution in [2.24, 2.45) is 0 Å². The fourth-order valence-electron chi connectivity index (χ4n) is 3.83. The van der Waals surface area contributed by atoms with Crippen LogP contribution in [0, 0.1) is 0 Å². The molecule has 0 saturated heterocycles. The van der Waals surface area contributed by atoms with Gasteiger partial charge in [-0.2, -0.15) is 0 Å². The van der Waals surface area contributed by atoms with Gasteiger partial charge >= 0.3 is 0 Å². The van der Waals surface area contributed by atoms with Crippen LogP contribution < -0.4 is 24.3 Å². The van der Waals surface area contributed by atoms with Crippen molar-refractivity contribution < 1.29 is 18.9 Å². The van der Waals surface area contributed by atoms with Crippen LogP contribution in [-0.4, -0.2) is 49.9 Å². The number of benzene rings is 2. The van der Waals surface area contributed by atoms with Crippen LogP contribution >= 0.6 is 0 Å². The molecule has 32 heavy (non-hydrogen) atoms. The number of methoxy groups -OCH3 is 4. The van der Waals surface area contributed by atoms with Gasteiger partial charge in [-0.15, -0.1) is 0 Å². The molecule has 0 radical (unpaired) electrons. The van der Waals surface area contributed by atoms with Gasteiger partial charge in [-0.3, -0.25) is 4.90 Å². The van der Waals surface area contributed by atoms with Gasteiger partial charge in [-0.1, -0.05) is 6.07 Å². The van der Waals surface area contributed by atoms with Crippen LogP contribution in [0.5, 0.6) is 23.0 Å². The molecule has 1 aliphatic rings. The number of hydrogen-bond acceptors (Lipinski definition) is 8. The molecule has 0 bridgehead atoms. The van der Waals surface area contributed by atoms with Crippen molar-refractivity contribution in [1.82, 2.24) is 14.9 Å². The van der Waals surface area contributed by atoms with Crippen molar-refractivity contribution in [2.75, 3.05) is 40.3 Å². The van der Waals surface area contributed by atoms with Gasteiger partial charge < -0.3 is 24.3 Å². The highest BCUT2D eigenvalue weighted by molar-refractivity contribution is 5.65. The maximum absolute atomic E-state index is 5.55. The van der Waals surface area contributed by atoms with Gasteiger partial charge in [0, 0.05) is 55.5 Å². The van der Waals surface area contributed by atoms with E-state index in [4.69, 9.17) is 23.9 Å². The zero-order valence-electron chi connectivity index (χ0n) is 18.8. The minimum absolute atomic E-state index is 0.542. The van der Waals surface area contributed by atoms with E-state index in [2.05, 4.69) is 21.3 Å². The topological polar surface area (TPSA) is 78.0 Å². The molecule has 0 unspecified atom stereocenters. The first kappa shape index (κ1) is 21.7. The summed E-state index contributed by atoms with van der Waals surface area (Å²) in [5.41, 5.74) is 4.08. The zero-order chi connectivity index (χ0) is 22.5. The molecule has 0 saturated carbocycles. The van der Waals surface area contributed by atoms with E-state index in [-0.39, 0.29) is 0 Å². The molecular weight excluding hydrogens is 408 g/mol. The first-order valence-electron chi connectivity index (χ1n) is 10.4. The zero-order valence-corrected chi connectivity index (χ0v) is 18.8. The van der Waals surface area contributed by atoms with Crippen molar-refractivity contribution in [3.63, 3.8) is 0 Å². The lowest BCUT2D eigenvalue weighted by atomic mass is 10.1. The molecule has 4 rings (SSSR count). The Labute approximate surface area is 188 Å². The third kappa shape index (κ3) is 4.70. The van der Waals surface area contributed by atoms with Crippen LogP contribution in [0.25, 0.3) is 0 Å². The summed E-state index contributed by atoms with van der Waals surface area (Å²) < 4.78 is 21.6. The highest BCUT2D eigenvalue weighted by Gasteiger charge is 2.20. The number of nitrogens with one attached hydrogen (secondary N) is 1. The van der Waals surface area contributed by atoms with Crippen molar-refractivity contribution in [3.8, 4) is 23.0 Å². The molecule has 8 nitrogen and oxygen atoms in total. The Balaban J connectivity index is 1.47. The quantitative estimate of drug-likeness (QED) is 0.571. The molecule has 0 amide bonds. The summed E-state index contributed by atoms with van der Waals surface area (Å²) in [6.45, 7) is 2.47. The number of nitrogens with zero attached hydrogens (tertiary/aromatic N) is 3. The third-order valence-electron chi connectivity index (χ3n) is 5.55. The normalized spacial score (nSPS) is 13.2. The molecular formula is C24H28N4O4. The predicted molar refractivity (Wildman–Crippen MR) is 122 cm³/mol. The standard InChI is InChI=1S/C24H28N4O4/c1-29-18-7-8-22(31-3)21(11-18)27-24-25-13-17-15-28(10-9-20(17)26-24)14-16-5-6-19(30-2)12-23(16)32-4/h5-8,11-13H,9-10,14-15H2,1-4H3,(H,25,26,27). The molecule has 2 aromatic carbocycles. The van der Waals surface area contributed by atoms with Gasteiger partial charge in [-0.25, -0.2) is 9.97 Å². The smallest absolute Gasteiger partial charge is 0.227 e. The van der Waals surface area contributed by atoms with E-state index < -0.39 is 0 Å². The van der Waals surface area contributed by atoms with Crippen molar-refractivity contribution in [3.05, 3.63) is 59.4 Å². The minimum atomic E-state index is 0.542. The van der Waals surface area contributed by atoms with E-state index in [9.17, 15) is 0 Å². The van der Waals surface area contributed by atoms with Crippen molar-refractivity contribution in [1.29, 1.82) is 0 Å². The van der Waals surface area contributed by atoms with E-state index >= 15 is 0 Å². The number of ether oxygens (including phenoxy) is 4. The van der Waals surface area contributed by atoms with Crippen LogP contribution in [0.2, 0.25) is 0 Å². The van der Waals surface area contributed by atoms with Gasteiger partial charge in [-0.05, 0) is 18.2 Å². The molecule has 8 heteroatoms. The van der Waals surface area contributed by atoms with Crippen LogP contribution in [0.1, 0.15) is 16.8 Å². The average Bonchev–Trinajstić information content (AvgIpc) is 2.84. The fourth-order valence-corrected chi connectivity index (χ4v) is 3.83. The maximum Gasteiger partial charge on any atom is 0.227 e. The Bertz CT molecular complexity index is 1090. The lowest BCUT2D eigenvalue weighted by molar-refractivity contribution is 0.239. The van der Waals surface area contributed by atoms with Crippen molar-refractivity contribution in [2.45, 2.75) is 19.5 Å². The number of anilines is 2. The molecule has 2 heterocycles. The molecule has 1 aliphatic heterocycles. The first-order chi connectivity index (χ1) is 15.6. The van der Waals surface area contributed by atoms with E-state index in [1.54, 1.807) is 28.4 Å². The van der Waals surface area contributed by atoms with Gasteiger partial charge in [0.1, 0.15) is 23.0 Å². The van der Waals surface area contributed by atoms with Crippen molar-refractivity contribution >= 4 is 11.6 Å². The van der Waals surface area contributed by atoms with Crippen LogP contribution in [0.15, 0.2) is 42.6 Å². The van der Waals surface area contributed by atoms with E-state index in [0.29, 0.717) is 11.7 Å². The highest BCUT2D eigenvalue weighted by atomic mass is 16.5. The maximum atomic E-state index is 5.55. The second kappa shape index (κ2) is 9.74. The largest absolute Gasteiger partial charge is 0.497 e. The molecule has 0 fully saturated rings. The van der Waals surface area contributed by atoms with Gasteiger partial charge in [0.25, 0.3) is 0 Å². The second-order valence-electron chi connectivity index (χ2n) is 7.50. The summed E-state index contributed by atoms with van der Waals surface area (Å²) >= 11 is 0. The Morgan fingerprint density at radius 2 is 1.66 bits per heavy atom. The van der Waals surface area contributed by atoms with Crippen LogP contribution in [0.4, 0.5) is 11.6 Å². The molecule has 1 N–H and O–H groups in total. The number of hydrogen-bond donors (Lipinski definition) is 1. The summed E-state index contributed by atoms with van der Waals surface area (Å²) in [6.07, 6.45) is 2.75. The lowest BCUT2D eigenvalue weighted by Gasteiger charge is -2.28. The Morgan fingerprint density at radius 1 is 0.906 bits per heavy atom. The Kier molecular flexibility index (Phi) is 6.61. The SMILES string of the molecule is COc1ccc(OC)c(Nc2ncc3c(n2)CCN(Cc2ccc(OC)cc2OC)C3)c1. The summed E-state index contributed by atoms with van der Waals surface area (Å²) in [4.78, 5) is 11.6. The summed E-state index contributed by atoms with van der Waals surface area (Å²) in [6, 6.07) is 11.5. The third-order valence-corrected chi connectivity index (χ3v) is 5.55. The van der Waals surface area contributed by atoms with E-state index in [1.807, 2.05) is 36.5 Å². The summed E-state index contributed by atoms with van der Waals surface area (Å²) in [5.74, 6) is 3.59. The van der Waals surface area contributed by atoms with Gasteiger partial charge in [0.15, 0.2) is 0 Å². The van der Waals surface area contributed by atoms with Gasteiger partial charge in [0.2, 0.25) is 5.95 Å².